The van der Waals surface area contributed by atoms with Crippen LogP contribution in [0.15, 0.2) is 194 Å². The number of aliphatic hydroxyl groups excluding tert-OH is 6. The van der Waals surface area contributed by atoms with Crippen molar-refractivity contribution in [2.45, 2.75) is 199 Å². The molecule has 112 heavy (non-hydrogen) atoms. The zero-order chi connectivity index (χ0) is 80.2. The number of nitrogens with zero attached hydrogens (tertiary/aromatic N) is 2. The molecule has 12 atom stereocenters. The number of hydrogen-bond acceptors (Lipinski definition) is 16. The van der Waals surface area contributed by atoms with Crippen LogP contribution in [-0.4, -0.2) is 162 Å². The summed E-state index contributed by atoms with van der Waals surface area (Å²) in [7, 11) is 0. The number of fused-ring (bicyclic) bond motifs is 1. The minimum absolute atomic E-state index is 0. The number of aliphatic hydroxyl groups is 6. The molecule has 590 valence electrons. The van der Waals surface area contributed by atoms with Gasteiger partial charge in [-0.2, -0.15) is 0 Å². The third-order valence-corrected chi connectivity index (χ3v) is 20.6. The summed E-state index contributed by atoms with van der Waals surface area (Å²) in [6.07, 6.45) is -3.19. The molecule has 0 aliphatic heterocycles. The Balaban J connectivity index is 0.000000318. The Morgan fingerprint density at radius 3 is 1.39 bits per heavy atom. The first-order chi connectivity index (χ1) is 53.1. The van der Waals surface area contributed by atoms with Gasteiger partial charge in [0.1, 0.15) is 23.8 Å². The first-order valence-electron chi connectivity index (χ1n) is 38.2. The minimum Gasteiger partial charge on any atom is -0.550 e. The van der Waals surface area contributed by atoms with Gasteiger partial charge in [-0.3, -0.25) is 19.2 Å². The standard InChI is InChI=1S/C56H69FN2O11.C33H35FN2O5.Ca/c1-6-34(4)56(68)70-47-30-43(62)27-38-18-17-35(5)46(50(38)47)24-23-41(60)28-44(63)31-49(66)69-45(32-48(64)65)29-42(61)25-26-59-53(33(2)3)52(55(67)58-40-15-11-8-12-16-40)51(36-13-9-7-10-14-36)54(59)37-19-21-39(57)22-20-37;1-21(2)31-30(33(41)35-25-11-7-4-8-12-25)29(22-9-5-3-6-10-22)32(23-13-15-24(34)16-14-23)36(31)18-17-26(37)19-27(38)20-28(39)40;/h7-22,27,33-35,41-47,50,60-63H,6,23-26,28-32H2,1-5H3,(H,58,67)(H,64,65);3-16,21,26-27,37-38H,17-20H2,1-2H3,(H,35,41)(H,39,40);/q;;+2/p-2/t34-,35-,41+,42+,43+,44+,45+,46-,47-,50-;26-,27-;/m01./s1. The number of rotatable bonds is 35. The predicted octanol–water partition coefficient (Wildman–Crippen LogP) is 12.5. The van der Waals surface area contributed by atoms with Crippen LogP contribution in [0, 0.1) is 35.3 Å². The maximum Gasteiger partial charge on any atom is 2.00 e. The number of anilines is 2. The van der Waals surface area contributed by atoms with Crippen LogP contribution >= 0.6 is 0 Å². The van der Waals surface area contributed by atoms with E-state index in [-0.39, 0.29) is 149 Å². The molecule has 8 aromatic rings. The van der Waals surface area contributed by atoms with Crippen molar-refractivity contribution < 1.29 is 87.9 Å². The van der Waals surface area contributed by atoms with Crippen molar-refractivity contribution in [3.05, 3.63) is 228 Å². The summed E-state index contributed by atoms with van der Waals surface area (Å²) in [5.74, 6) is -6.44. The van der Waals surface area contributed by atoms with Gasteiger partial charge in [0.05, 0.1) is 71.5 Å². The van der Waals surface area contributed by atoms with E-state index < -0.39 is 97.6 Å². The molecule has 2 heterocycles. The van der Waals surface area contributed by atoms with Gasteiger partial charge in [-0.25, -0.2) is 8.78 Å². The number of benzene rings is 6. The Hall–Kier alpha value is -8.94. The molecule has 10 rings (SSSR count). The van der Waals surface area contributed by atoms with Crippen molar-refractivity contribution in [1.82, 2.24) is 9.13 Å². The maximum absolute atomic E-state index is 14.4. The number of amides is 2. The van der Waals surface area contributed by atoms with E-state index >= 15 is 0 Å². The number of esters is 2. The number of carboxylic acids is 2. The van der Waals surface area contributed by atoms with E-state index in [1.54, 1.807) is 61.5 Å². The van der Waals surface area contributed by atoms with Gasteiger partial charge in [0.15, 0.2) is 0 Å². The molecule has 2 aliphatic carbocycles. The van der Waals surface area contributed by atoms with Crippen molar-refractivity contribution in [2.75, 3.05) is 10.6 Å². The first kappa shape index (κ1) is 88.6. The molecule has 23 heteroatoms. The van der Waals surface area contributed by atoms with Crippen LogP contribution in [0.25, 0.3) is 44.8 Å². The molecule has 6 aromatic carbocycles. The fourth-order valence-corrected chi connectivity index (χ4v) is 15.2. The van der Waals surface area contributed by atoms with Crippen molar-refractivity contribution in [3.8, 4) is 44.8 Å². The van der Waals surface area contributed by atoms with E-state index in [1.807, 2.05) is 160 Å². The molecule has 2 aromatic heterocycles. The second-order valence-corrected chi connectivity index (χ2v) is 29.7. The number of carbonyl (C=O) groups is 6. The van der Waals surface area contributed by atoms with E-state index in [0.29, 0.717) is 74.7 Å². The maximum atomic E-state index is 14.4. The number of aliphatic carboxylic acids is 2. The predicted molar refractivity (Wildman–Crippen MR) is 423 cm³/mol. The molecule has 20 nitrogen and oxygen atoms in total. The van der Waals surface area contributed by atoms with Crippen molar-refractivity contribution in [3.63, 3.8) is 0 Å². The van der Waals surface area contributed by atoms with Crippen LogP contribution in [0.4, 0.5) is 20.2 Å². The molecular weight excluding hydrogens is 1460 g/mol. The fraction of sp³-hybridized carbons (Fsp3) is 0.393. The number of ether oxygens (including phenoxy) is 2. The number of carbonyl (C=O) groups excluding carboxylic acids is 6. The zero-order valence-corrected chi connectivity index (χ0v) is 66.7. The summed E-state index contributed by atoms with van der Waals surface area (Å²) in [4.78, 5) is 77.3. The quantitative estimate of drug-likeness (QED) is 0.0135. The Morgan fingerprint density at radius 2 is 0.964 bits per heavy atom. The van der Waals surface area contributed by atoms with Crippen LogP contribution in [0.3, 0.4) is 0 Å². The molecular formula is C89H102CaF2N4O16. The third kappa shape index (κ3) is 24.1. The monoisotopic (exact) mass is 1560 g/mol. The van der Waals surface area contributed by atoms with Gasteiger partial charge in [0.25, 0.3) is 11.8 Å². The van der Waals surface area contributed by atoms with Crippen LogP contribution in [-0.2, 0) is 41.7 Å². The van der Waals surface area contributed by atoms with E-state index in [9.17, 15) is 78.4 Å². The van der Waals surface area contributed by atoms with Gasteiger partial charge in [-0.05, 0) is 169 Å². The van der Waals surface area contributed by atoms with E-state index in [0.717, 1.165) is 22.4 Å². The Bertz CT molecular complexity index is 4480. The Morgan fingerprint density at radius 1 is 0.545 bits per heavy atom. The molecule has 2 aliphatic rings. The number of allylic oxidation sites excluding steroid dienone is 2. The van der Waals surface area contributed by atoms with Crippen molar-refractivity contribution >= 4 is 84.8 Å². The van der Waals surface area contributed by atoms with Crippen molar-refractivity contribution in [2.24, 2.45) is 23.7 Å². The minimum atomic E-state index is -1.51. The van der Waals surface area contributed by atoms with Crippen LogP contribution in [0.5, 0.6) is 0 Å². The van der Waals surface area contributed by atoms with Crippen molar-refractivity contribution in [1.29, 1.82) is 0 Å². The summed E-state index contributed by atoms with van der Waals surface area (Å²) >= 11 is 0. The number of aromatic nitrogens is 2. The summed E-state index contributed by atoms with van der Waals surface area (Å²) in [6, 6.07) is 49.0. The molecule has 0 saturated carbocycles. The van der Waals surface area contributed by atoms with Gasteiger partial charge in [0.2, 0.25) is 0 Å². The van der Waals surface area contributed by atoms with E-state index in [2.05, 4.69) is 10.6 Å². The number of hydrogen-bond donors (Lipinski definition) is 8. The number of carboxylic acid groups (broad SMARTS) is 2. The first-order valence-corrected chi connectivity index (χ1v) is 38.2. The van der Waals surface area contributed by atoms with Crippen LogP contribution in [0.2, 0.25) is 0 Å². The smallest absolute Gasteiger partial charge is 0.550 e. The molecule has 0 spiro atoms. The Labute approximate surface area is 683 Å². The topological polar surface area (TPSA) is 322 Å². The molecule has 0 bridgehead atoms. The summed E-state index contributed by atoms with van der Waals surface area (Å²) in [5, 5.41) is 93.7. The number of halogens is 2. The van der Waals surface area contributed by atoms with Crippen LogP contribution in [0.1, 0.15) is 169 Å². The average Bonchev–Trinajstić information content (AvgIpc) is 1.59. The van der Waals surface area contributed by atoms with Gasteiger partial charge in [-0.1, -0.05) is 164 Å². The van der Waals surface area contributed by atoms with E-state index in [1.165, 1.54) is 24.3 Å². The zero-order valence-electron chi connectivity index (χ0n) is 64.5. The fourth-order valence-electron chi connectivity index (χ4n) is 15.2. The van der Waals surface area contributed by atoms with Gasteiger partial charge in [0, 0.05) is 90.5 Å². The average molecular weight is 1560 g/mol. The summed E-state index contributed by atoms with van der Waals surface area (Å²) in [6.45, 7) is 14.0. The van der Waals surface area contributed by atoms with E-state index in [4.69, 9.17) is 9.47 Å². The largest absolute Gasteiger partial charge is 2.00 e. The molecule has 0 unspecified atom stereocenters. The van der Waals surface area contributed by atoms with Gasteiger partial charge in [-0.15, -0.1) is 0 Å². The number of para-hydroxylation sites is 2. The molecule has 0 fully saturated rings. The van der Waals surface area contributed by atoms with Crippen LogP contribution < -0.4 is 20.8 Å². The molecule has 2 amide bonds. The molecule has 0 radical (unpaired) electrons. The Kier molecular flexibility index (Phi) is 33.4. The molecule has 0 saturated heterocycles. The van der Waals surface area contributed by atoms with Gasteiger partial charge >= 0.3 is 49.7 Å². The second kappa shape index (κ2) is 42.3. The SMILES string of the molecule is CC(C)c1c(C(=O)Nc2ccccc2)c(-c2ccccc2)c(-c2ccc(F)cc2)n1CC[C@@H](O)C[C@@H](O)CC(=O)[O-].CC[C@H](C)C(=O)O[C@H]1C[C@H](O)C=C2C=C[C@H](C)[C@H](CC[C@@H](O)C[C@@H](O)CC(=O)O[C@@H](CC(=O)[O-])C[C@H](O)CCn3c(-c4ccc(F)cc4)c(-c4ccccc4)c(C(=O)Nc4ccccc4)c3C(C)C)[C@H]21.[Ca+2]. The third-order valence-electron chi connectivity index (χ3n) is 20.6. The van der Waals surface area contributed by atoms with Gasteiger partial charge < -0.3 is 79.7 Å². The second-order valence-electron chi connectivity index (χ2n) is 29.7. The summed E-state index contributed by atoms with van der Waals surface area (Å²) in [5.41, 5.74) is 9.81. The normalized spacial score (nSPS) is 17.7. The number of nitrogens with one attached hydrogen (secondary N) is 2. The molecule has 8 N–H and O–H groups in total. The summed E-state index contributed by atoms with van der Waals surface area (Å²) < 4.78 is 43.8.